The van der Waals surface area contributed by atoms with Crippen LogP contribution in [0, 0.1) is 0 Å². The van der Waals surface area contributed by atoms with E-state index in [1.54, 1.807) is 6.07 Å². The molecule has 0 heterocycles. The molecule has 0 atom stereocenters. The fraction of sp³-hybridized carbons (Fsp3) is 0.0526. The molecule has 3 nitrogen and oxygen atoms in total. The van der Waals surface area contributed by atoms with E-state index < -0.39 is 23.8 Å². The van der Waals surface area contributed by atoms with Crippen LogP contribution in [0.5, 0.6) is 0 Å². The van der Waals surface area contributed by atoms with Gasteiger partial charge >= 0.3 is 29.6 Å². The summed E-state index contributed by atoms with van der Waals surface area (Å²) in [6, 6.07) is 27.6. The maximum Gasteiger partial charge on any atom is 1.00 e. The maximum atomic E-state index is 11.1. The Morgan fingerprint density at radius 2 is 1.20 bits per heavy atom. The van der Waals surface area contributed by atoms with Gasteiger partial charge in [0, 0.05) is 0 Å². The van der Waals surface area contributed by atoms with Gasteiger partial charge < -0.3 is 4.55 Å². The second-order valence-corrected chi connectivity index (χ2v) is 9.00. The van der Waals surface area contributed by atoms with Crippen LogP contribution in [-0.2, 0) is 15.9 Å². The zero-order valence-electron chi connectivity index (χ0n) is 13.9. The number of benzene rings is 3. The van der Waals surface area contributed by atoms with Crippen LogP contribution in [0.15, 0.2) is 84.9 Å². The van der Waals surface area contributed by atoms with Crippen LogP contribution in [0.3, 0.4) is 0 Å². The summed E-state index contributed by atoms with van der Waals surface area (Å²) < 4.78 is 33.2. The molecule has 0 fully saturated rings. The standard InChI is InChI=1S/C19H17O3PS.Na/c20-24(21,22)15-16-8-7-13-19(14-16)23(17-9-3-1-4-10-17)18-11-5-2-6-12-18;/h1-14H,15H2,(H,20,21,22);/q;+1/p-1. The largest absolute Gasteiger partial charge is 1.00 e. The van der Waals surface area contributed by atoms with E-state index in [-0.39, 0.29) is 29.6 Å². The molecule has 0 unspecified atom stereocenters. The Bertz CT molecular complexity index is 876. The second-order valence-electron chi connectivity index (χ2n) is 5.38. The van der Waals surface area contributed by atoms with Crippen molar-refractivity contribution in [2.45, 2.75) is 5.75 Å². The van der Waals surface area contributed by atoms with Gasteiger partial charge in [0.25, 0.3) is 0 Å². The number of hydrogen-bond donors (Lipinski definition) is 0. The van der Waals surface area contributed by atoms with E-state index in [1.807, 2.05) is 54.6 Å². The number of hydrogen-bond acceptors (Lipinski definition) is 3. The van der Waals surface area contributed by atoms with E-state index in [0.29, 0.717) is 5.56 Å². The van der Waals surface area contributed by atoms with Crippen molar-refractivity contribution in [3.8, 4) is 0 Å². The van der Waals surface area contributed by atoms with Crippen molar-refractivity contribution in [2.75, 3.05) is 0 Å². The predicted octanol–water partition coefficient (Wildman–Crippen LogP) is -0.506. The van der Waals surface area contributed by atoms with Crippen LogP contribution < -0.4 is 45.5 Å². The topological polar surface area (TPSA) is 57.2 Å². The minimum Gasteiger partial charge on any atom is -0.748 e. The Labute approximate surface area is 171 Å². The molecule has 0 aromatic heterocycles. The molecule has 0 aliphatic heterocycles. The van der Waals surface area contributed by atoms with Gasteiger partial charge in [0.1, 0.15) is 0 Å². The summed E-state index contributed by atoms with van der Waals surface area (Å²) in [5, 5.41) is 3.39. The molecular weight excluding hydrogens is 362 g/mol. The predicted molar refractivity (Wildman–Crippen MR) is 98.5 cm³/mol. The Balaban J connectivity index is 0.00000225. The summed E-state index contributed by atoms with van der Waals surface area (Å²) in [5.41, 5.74) is 0.530. The molecule has 3 aromatic carbocycles. The van der Waals surface area contributed by atoms with Gasteiger partial charge in [0.05, 0.1) is 15.9 Å². The third-order valence-corrected chi connectivity index (χ3v) is 6.65. The van der Waals surface area contributed by atoms with Gasteiger partial charge in [-0.25, -0.2) is 8.42 Å². The van der Waals surface area contributed by atoms with Gasteiger partial charge in [0.15, 0.2) is 0 Å². The monoisotopic (exact) mass is 378 g/mol. The Morgan fingerprint density at radius 1 is 0.720 bits per heavy atom. The first-order chi connectivity index (χ1) is 11.5. The van der Waals surface area contributed by atoms with Crippen molar-refractivity contribution < 1.29 is 42.5 Å². The van der Waals surface area contributed by atoms with E-state index in [0.717, 1.165) is 5.30 Å². The molecule has 0 saturated heterocycles. The van der Waals surface area contributed by atoms with Crippen LogP contribution in [0.1, 0.15) is 5.56 Å². The zero-order chi connectivity index (χ0) is 17.0. The first-order valence-corrected chi connectivity index (χ1v) is 10.4. The molecule has 0 amide bonds. The molecule has 0 spiro atoms. The van der Waals surface area contributed by atoms with Gasteiger partial charge in [0.2, 0.25) is 0 Å². The summed E-state index contributed by atoms with van der Waals surface area (Å²) in [5.74, 6) is -0.479. The van der Waals surface area contributed by atoms with Gasteiger partial charge in [-0.1, -0.05) is 78.9 Å². The maximum absolute atomic E-state index is 11.1. The Hall–Kier alpha value is -1.000. The summed E-state index contributed by atoms with van der Waals surface area (Å²) in [6.07, 6.45) is 0. The molecule has 0 aliphatic rings. The average Bonchev–Trinajstić information content (AvgIpc) is 2.56. The fourth-order valence-electron chi connectivity index (χ4n) is 2.59. The number of rotatable bonds is 5. The van der Waals surface area contributed by atoms with Gasteiger partial charge in [-0.2, -0.15) is 0 Å². The van der Waals surface area contributed by atoms with Crippen LogP contribution >= 0.6 is 7.92 Å². The molecule has 0 radical (unpaired) electrons. The van der Waals surface area contributed by atoms with E-state index in [4.69, 9.17) is 0 Å². The van der Waals surface area contributed by atoms with E-state index in [2.05, 4.69) is 24.3 Å². The van der Waals surface area contributed by atoms with Crippen LogP contribution in [0.2, 0.25) is 0 Å². The van der Waals surface area contributed by atoms with E-state index in [1.165, 1.54) is 10.6 Å². The second kappa shape index (κ2) is 9.09. The van der Waals surface area contributed by atoms with E-state index >= 15 is 0 Å². The Kier molecular flexibility index (Phi) is 7.38. The molecule has 0 N–H and O–H groups in total. The quantitative estimate of drug-likeness (QED) is 0.342. The Morgan fingerprint density at radius 3 is 1.68 bits per heavy atom. The van der Waals surface area contributed by atoms with Gasteiger partial charge in [-0.05, 0) is 35.5 Å². The third-order valence-electron chi connectivity index (χ3n) is 3.54. The zero-order valence-corrected chi connectivity index (χ0v) is 17.6. The van der Waals surface area contributed by atoms with Crippen LogP contribution in [0.25, 0.3) is 0 Å². The molecule has 0 aliphatic carbocycles. The molecule has 6 heteroatoms. The summed E-state index contributed by atoms with van der Waals surface area (Å²) in [4.78, 5) is 0. The minimum absolute atomic E-state index is 0. The summed E-state index contributed by atoms with van der Waals surface area (Å²) in [6.45, 7) is 0. The van der Waals surface area contributed by atoms with Crippen molar-refractivity contribution >= 4 is 34.0 Å². The van der Waals surface area contributed by atoms with Crippen molar-refractivity contribution in [3.05, 3.63) is 90.5 Å². The van der Waals surface area contributed by atoms with Gasteiger partial charge in [-0.15, -0.1) is 0 Å². The molecule has 0 saturated carbocycles. The van der Waals surface area contributed by atoms with Crippen LogP contribution in [-0.4, -0.2) is 13.0 Å². The third kappa shape index (κ3) is 5.75. The molecule has 3 rings (SSSR count). The van der Waals surface area contributed by atoms with Crippen LogP contribution in [0.4, 0.5) is 0 Å². The molecule has 25 heavy (non-hydrogen) atoms. The van der Waals surface area contributed by atoms with Crippen molar-refractivity contribution in [3.63, 3.8) is 0 Å². The minimum atomic E-state index is -4.29. The first kappa shape index (κ1) is 20.3. The van der Waals surface area contributed by atoms with Crippen molar-refractivity contribution in [1.29, 1.82) is 0 Å². The summed E-state index contributed by atoms with van der Waals surface area (Å²) in [7, 11) is -5.09. The molecular formula is C19H16NaO3PS. The molecule has 122 valence electrons. The average molecular weight is 378 g/mol. The summed E-state index contributed by atoms with van der Waals surface area (Å²) >= 11 is 0. The molecule has 0 bridgehead atoms. The smallest absolute Gasteiger partial charge is 0.748 e. The normalized spacial score (nSPS) is 11.1. The van der Waals surface area contributed by atoms with Crippen molar-refractivity contribution in [2.24, 2.45) is 0 Å². The van der Waals surface area contributed by atoms with E-state index in [9.17, 15) is 13.0 Å². The SMILES string of the molecule is O=S(=O)([O-])Cc1cccc(P(c2ccccc2)c2ccccc2)c1.[Na+]. The van der Waals surface area contributed by atoms with Crippen molar-refractivity contribution in [1.82, 2.24) is 0 Å². The van der Waals surface area contributed by atoms with Gasteiger partial charge in [-0.3, -0.25) is 0 Å². The molecule has 3 aromatic rings. The first-order valence-electron chi connectivity index (χ1n) is 7.46. The fourth-order valence-corrected chi connectivity index (χ4v) is 5.54.